The molecule has 2 aromatic rings. The molecule has 0 radical (unpaired) electrons. The third-order valence-corrected chi connectivity index (χ3v) is 5.80. The van der Waals surface area contributed by atoms with Gasteiger partial charge in [0, 0.05) is 25.8 Å². The zero-order chi connectivity index (χ0) is 17.9. The molecular weight excluding hydrogens is 322 g/mol. The Morgan fingerprint density at radius 1 is 1.00 bits per heavy atom. The second-order valence-corrected chi connectivity index (χ2v) is 7.64. The van der Waals surface area contributed by atoms with Crippen molar-refractivity contribution in [2.75, 3.05) is 24.5 Å². The number of amides is 1. The minimum absolute atomic E-state index is 0.122. The number of hydrogen-bond donors (Lipinski definition) is 0. The first-order valence-corrected chi connectivity index (χ1v) is 9.79. The van der Waals surface area contributed by atoms with Gasteiger partial charge >= 0.3 is 0 Å². The van der Waals surface area contributed by atoms with Crippen LogP contribution in [-0.2, 0) is 0 Å². The molecule has 0 bridgehead atoms. The first kappa shape index (κ1) is 17.1. The largest absolute Gasteiger partial charge is 0.350 e. The maximum absolute atomic E-state index is 12.7. The zero-order valence-corrected chi connectivity index (χ0v) is 15.5. The van der Waals surface area contributed by atoms with E-state index in [4.69, 9.17) is 0 Å². The topological polar surface area (TPSA) is 36.4 Å². The zero-order valence-electron chi connectivity index (χ0n) is 15.5. The van der Waals surface area contributed by atoms with Crippen LogP contribution in [0.5, 0.6) is 0 Å². The second-order valence-electron chi connectivity index (χ2n) is 7.64. The molecule has 1 aromatic heterocycles. The fourth-order valence-electron chi connectivity index (χ4n) is 4.14. The highest BCUT2D eigenvalue weighted by Gasteiger charge is 2.27. The lowest BCUT2D eigenvalue weighted by molar-refractivity contribution is 0.0697. The highest BCUT2D eigenvalue weighted by Crippen LogP contribution is 2.35. The maximum Gasteiger partial charge on any atom is 0.255 e. The van der Waals surface area contributed by atoms with Crippen LogP contribution in [0.25, 0.3) is 0 Å². The average molecular weight is 349 g/mol. The Balaban J connectivity index is 1.48. The number of rotatable bonds is 3. The summed E-state index contributed by atoms with van der Waals surface area (Å²) in [6.45, 7) is 5.01. The number of nitrogens with zero attached hydrogens (tertiary/aromatic N) is 3. The summed E-state index contributed by atoms with van der Waals surface area (Å²) in [5.74, 6) is 1.82. The molecule has 0 spiro atoms. The lowest BCUT2D eigenvalue weighted by Crippen LogP contribution is -2.38. The first-order valence-electron chi connectivity index (χ1n) is 9.79. The summed E-state index contributed by atoms with van der Waals surface area (Å²) in [4.78, 5) is 21.7. The Morgan fingerprint density at radius 2 is 1.77 bits per heavy atom. The van der Waals surface area contributed by atoms with Gasteiger partial charge in [0.1, 0.15) is 5.82 Å². The van der Waals surface area contributed by atoms with Gasteiger partial charge in [-0.25, -0.2) is 4.98 Å². The molecule has 3 heterocycles. The lowest BCUT2D eigenvalue weighted by atomic mass is 9.99. The van der Waals surface area contributed by atoms with E-state index in [9.17, 15) is 4.79 Å². The summed E-state index contributed by atoms with van der Waals surface area (Å²) in [6.07, 6.45) is 6.29. The maximum atomic E-state index is 12.7. The van der Waals surface area contributed by atoms with Gasteiger partial charge in [0.25, 0.3) is 5.91 Å². The predicted octanol–water partition coefficient (Wildman–Crippen LogP) is 4.30. The van der Waals surface area contributed by atoms with Crippen LogP contribution in [0.3, 0.4) is 0 Å². The SMILES string of the molecule is CC1CCN(C(=O)c2ccc(N3CCCC3c3ccccc3)nc2)CC1. The van der Waals surface area contributed by atoms with E-state index in [-0.39, 0.29) is 5.91 Å². The molecule has 4 nitrogen and oxygen atoms in total. The minimum atomic E-state index is 0.122. The van der Waals surface area contributed by atoms with Gasteiger partial charge in [-0.1, -0.05) is 37.3 Å². The van der Waals surface area contributed by atoms with Crippen LogP contribution in [0.2, 0.25) is 0 Å². The number of aromatic nitrogens is 1. The Kier molecular flexibility index (Phi) is 4.91. The van der Waals surface area contributed by atoms with Gasteiger partial charge in [-0.2, -0.15) is 0 Å². The average Bonchev–Trinajstić information content (AvgIpc) is 3.19. The molecule has 2 aliphatic rings. The fraction of sp³-hybridized carbons (Fsp3) is 0.455. The van der Waals surface area contributed by atoms with E-state index >= 15 is 0 Å². The summed E-state index contributed by atoms with van der Waals surface area (Å²) in [7, 11) is 0. The van der Waals surface area contributed by atoms with E-state index in [1.54, 1.807) is 6.20 Å². The van der Waals surface area contributed by atoms with Crippen molar-refractivity contribution in [1.29, 1.82) is 0 Å². The van der Waals surface area contributed by atoms with Gasteiger partial charge in [-0.05, 0) is 49.3 Å². The number of benzene rings is 1. The molecule has 4 rings (SSSR count). The smallest absolute Gasteiger partial charge is 0.255 e. The van der Waals surface area contributed by atoms with Crippen molar-refractivity contribution >= 4 is 11.7 Å². The van der Waals surface area contributed by atoms with E-state index in [2.05, 4.69) is 47.1 Å². The Labute approximate surface area is 155 Å². The van der Waals surface area contributed by atoms with E-state index in [0.29, 0.717) is 11.6 Å². The van der Waals surface area contributed by atoms with Crippen LogP contribution in [-0.4, -0.2) is 35.4 Å². The number of piperidine rings is 1. The highest BCUT2D eigenvalue weighted by atomic mass is 16.2. The van der Waals surface area contributed by atoms with Crippen LogP contribution < -0.4 is 4.90 Å². The molecule has 1 amide bonds. The lowest BCUT2D eigenvalue weighted by Gasteiger charge is -2.30. The number of likely N-dealkylation sites (tertiary alicyclic amines) is 1. The predicted molar refractivity (Wildman–Crippen MR) is 104 cm³/mol. The summed E-state index contributed by atoms with van der Waals surface area (Å²) < 4.78 is 0. The van der Waals surface area contributed by atoms with Crippen LogP contribution in [0.15, 0.2) is 48.7 Å². The van der Waals surface area contributed by atoms with E-state index < -0.39 is 0 Å². The van der Waals surface area contributed by atoms with Crippen molar-refractivity contribution in [3.05, 3.63) is 59.8 Å². The van der Waals surface area contributed by atoms with Crippen molar-refractivity contribution < 1.29 is 4.79 Å². The fourth-order valence-corrected chi connectivity index (χ4v) is 4.14. The van der Waals surface area contributed by atoms with Crippen LogP contribution in [0, 0.1) is 5.92 Å². The van der Waals surface area contributed by atoms with Crippen LogP contribution in [0.1, 0.15) is 54.6 Å². The van der Waals surface area contributed by atoms with Gasteiger partial charge < -0.3 is 9.80 Å². The van der Waals surface area contributed by atoms with Gasteiger partial charge in [-0.3, -0.25) is 4.79 Å². The van der Waals surface area contributed by atoms with Gasteiger partial charge in [0.15, 0.2) is 0 Å². The van der Waals surface area contributed by atoms with Gasteiger partial charge in [0.05, 0.1) is 11.6 Å². The molecule has 0 aliphatic carbocycles. The van der Waals surface area contributed by atoms with Crippen molar-refractivity contribution in [3.8, 4) is 0 Å². The summed E-state index contributed by atoms with van der Waals surface area (Å²) in [5.41, 5.74) is 2.05. The van der Waals surface area contributed by atoms with E-state index in [1.165, 1.54) is 12.0 Å². The van der Waals surface area contributed by atoms with Crippen molar-refractivity contribution in [3.63, 3.8) is 0 Å². The summed E-state index contributed by atoms with van der Waals surface area (Å²) >= 11 is 0. The molecule has 2 fully saturated rings. The number of pyridine rings is 1. The molecule has 0 saturated carbocycles. The van der Waals surface area contributed by atoms with Crippen LogP contribution in [0.4, 0.5) is 5.82 Å². The Hall–Kier alpha value is -2.36. The molecule has 2 aliphatic heterocycles. The molecular formula is C22H27N3O. The molecule has 2 saturated heterocycles. The molecule has 1 aromatic carbocycles. The minimum Gasteiger partial charge on any atom is -0.350 e. The molecule has 136 valence electrons. The summed E-state index contributed by atoms with van der Waals surface area (Å²) in [6, 6.07) is 15.0. The monoisotopic (exact) mass is 349 g/mol. The quantitative estimate of drug-likeness (QED) is 0.829. The Bertz CT molecular complexity index is 736. The molecule has 1 unspecified atom stereocenters. The van der Waals surface area contributed by atoms with Crippen LogP contribution >= 0.6 is 0 Å². The molecule has 1 atom stereocenters. The second kappa shape index (κ2) is 7.48. The van der Waals surface area contributed by atoms with Crippen molar-refractivity contribution in [2.45, 2.75) is 38.6 Å². The number of carbonyl (C=O) groups excluding carboxylic acids is 1. The number of anilines is 1. The Morgan fingerprint density at radius 3 is 2.46 bits per heavy atom. The third-order valence-electron chi connectivity index (χ3n) is 5.80. The molecule has 26 heavy (non-hydrogen) atoms. The first-order chi connectivity index (χ1) is 12.7. The molecule has 4 heteroatoms. The number of hydrogen-bond acceptors (Lipinski definition) is 3. The normalized spacial score (nSPS) is 21.2. The highest BCUT2D eigenvalue weighted by molar-refractivity contribution is 5.94. The molecule has 0 N–H and O–H groups in total. The van der Waals surface area contributed by atoms with Gasteiger partial charge in [0.2, 0.25) is 0 Å². The standard InChI is InChI=1S/C22H27N3O/c1-17-11-14-24(15-12-17)22(26)19-9-10-21(23-16-19)25-13-5-8-20(25)18-6-3-2-4-7-18/h2-4,6-7,9-10,16-17,20H,5,8,11-15H2,1H3. The third kappa shape index (κ3) is 3.46. The summed E-state index contributed by atoms with van der Waals surface area (Å²) in [5, 5.41) is 0. The van der Waals surface area contributed by atoms with E-state index in [1.807, 2.05) is 17.0 Å². The van der Waals surface area contributed by atoms with E-state index in [0.717, 1.165) is 50.6 Å². The van der Waals surface area contributed by atoms with Gasteiger partial charge in [-0.15, -0.1) is 0 Å². The van der Waals surface area contributed by atoms with Crippen molar-refractivity contribution in [1.82, 2.24) is 9.88 Å². The number of carbonyl (C=O) groups is 1. The van der Waals surface area contributed by atoms with Crippen molar-refractivity contribution in [2.24, 2.45) is 5.92 Å².